The Kier molecular flexibility index (Phi) is 5.46. The molecule has 0 radical (unpaired) electrons. The topological polar surface area (TPSA) is 82.0 Å². The van der Waals surface area contributed by atoms with Crippen LogP contribution in [0.1, 0.15) is 26.3 Å². The summed E-state index contributed by atoms with van der Waals surface area (Å²) in [6.07, 6.45) is 1.48. The molecule has 0 unspecified atom stereocenters. The quantitative estimate of drug-likeness (QED) is 0.513. The second-order valence-corrected chi connectivity index (χ2v) is 5.02. The number of hydroxylamine groups is 1. The van der Waals surface area contributed by atoms with Crippen LogP contribution in [0.2, 0.25) is 5.02 Å². The van der Waals surface area contributed by atoms with Gasteiger partial charge in [0.05, 0.1) is 16.8 Å². The predicted molar refractivity (Wildman–Crippen MR) is 86.8 cm³/mol. The second-order valence-electron chi connectivity index (χ2n) is 4.62. The number of nitrogens with one attached hydrogen (secondary N) is 1. The van der Waals surface area contributed by atoms with Crippen LogP contribution in [-0.2, 0) is 0 Å². The summed E-state index contributed by atoms with van der Waals surface area (Å²) in [6, 6.07) is 13.1. The van der Waals surface area contributed by atoms with Gasteiger partial charge in [-0.05, 0) is 29.8 Å². The first-order valence-corrected chi connectivity index (χ1v) is 7.02. The number of amides is 2. The molecule has 2 aromatic rings. The van der Waals surface area contributed by atoms with E-state index in [9.17, 15) is 9.59 Å². The summed E-state index contributed by atoms with van der Waals surface area (Å²) < 4.78 is 0. The highest BCUT2D eigenvalue weighted by Crippen LogP contribution is 2.16. The molecule has 0 heterocycles. The second kappa shape index (κ2) is 7.53. The summed E-state index contributed by atoms with van der Waals surface area (Å²) in [5, 5.41) is 14.1. The molecule has 2 N–H and O–H groups in total. The fraction of sp³-hybridized carbons (Fsp3) is 0.0625. The maximum absolute atomic E-state index is 12.2. The van der Waals surface area contributed by atoms with Crippen LogP contribution in [0.5, 0.6) is 0 Å². The number of carbonyl (C=O) groups is 2. The third-order valence-corrected chi connectivity index (χ3v) is 3.38. The van der Waals surface area contributed by atoms with Crippen molar-refractivity contribution in [3.8, 4) is 0 Å². The van der Waals surface area contributed by atoms with Crippen LogP contribution in [0, 0.1) is 0 Å². The van der Waals surface area contributed by atoms with Gasteiger partial charge in [0.25, 0.3) is 11.8 Å². The molecule has 6 nitrogen and oxygen atoms in total. The Labute approximate surface area is 137 Å². The Bertz CT molecular complexity index is 744. The van der Waals surface area contributed by atoms with Gasteiger partial charge < -0.3 is 0 Å². The molecule has 0 saturated carbocycles. The van der Waals surface area contributed by atoms with Crippen molar-refractivity contribution in [2.45, 2.75) is 0 Å². The lowest BCUT2D eigenvalue weighted by atomic mass is 10.1. The van der Waals surface area contributed by atoms with Crippen molar-refractivity contribution >= 4 is 29.6 Å². The van der Waals surface area contributed by atoms with E-state index >= 15 is 0 Å². The summed E-state index contributed by atoms with van der Waals surface area (Å²) in [5.41, 5.74) is 2.92. The Morgan fingerprint density at radius 2 is 1.83 bits per heavy atom. The fourth-order valence-electron chi connectivity index (χ4n) is 1.80. The van der Waals surface area contributed by atoms with Crippen LogP contribution in [-0.4, -0.2) is 35.3 Å². The highest BCUT2D eigenvalue weighted by Gasteiger charge is 2.13. The van der Waals surface area contributed by atoms with Gasteiger partial charge in [-0.25, -0.2) is 10.5 Å². The molecule has 0 aromatic heterocycles. The van der Waals surface area contributed by atoms with Crippen LogP contribution in [0.4, 0.5) is 0 Å². The van der Waals surface area contributed by atoms with Gasteiger partial charge in [0.1, 0.15) is 0 Å². The van der Waals surface area contributed by atoms with E-state index in [0.717, 1.165) is 0 Å². The number of halogens is 1. The third kappa shape index (κ3) is 4.15. The third-order valence-electron chi connectivity index (χ3n) is 3.05. The molecule has 0 saturated heterocycles. The van der Waals surface area contributed by atoms with Crippen molar-refractivity contribution in [2.75, 3.05) is 7.05 Å². The number of hydrazone groups is 1. The van der Waals surface area contributed by atoms with Gasteiger partial charge in [-0.3, -0.25) is 14.8 Å². The van der Waals surface area contributed by atoms with E-state index in [4.69, 9.17) is 16.8 Å². The van der Waals surface area contributed by atoms with Crippen molar-refractivity contribution in [1.29, 1.82) is 0 Å². The molecule has 2 rings (SSSR count). The molecule has 23 heavy (non-hydrogen) atoms. The maximum atomic E-state index is 12.2. The van der Waals surface area contributed by atoms with Gasteiger partial charge in [0, 0.05) is 12.6 Å². The van der Waals surface area contributed by atoms with Gasteiger partial charge in [-0.15, -0.1) is 0 Å². The first-order chi connectivity index (χ1) is 11.0. The van der Waals surface area contributed by atoms with Crippen molar-refractivity contribution in [2.24, 2.45) is 5.10 Å². The number of hydrogen-bond acceptors (Lipinski definition) is 4. The molecular formula is C16H14ClN3O3. The zero-order valence-electron chi connectivity index (χ0n) is 12.2. The summed E-state index contributed by atoms with van der Waals surface area (Å²) in [6.45, 7) is 0. The highest BCUT2D eigenvalue weighted by molar-refractivity contribution is 6.33. The molecule has 0 aliphatic heterocycles. The van der Waals surface area contributed by atoms with Crippen molar-refractivity contribution in [3.05, 3.63) is 70.2 Å². The number of benzene rings is 2. The molecule has 0 atom stereocenters. The number of rotatable bonds is 4. The SMILES string of the molecule is CN(/N=C/c1ccc(C(=O)NO)cc1)C(=O)c1ccccc1Cl. The molecule has 7 heteroatoms. The summed E-state index contributed by atoms with van der Waals surface area (Å²) in [4.78, 5) is 23.4. The first kappa shape index (κ1) is 16.7. The molecule has 0 aliphatic carbocycles. The van der Waals surface area contributed by atoms with Crippen LogP contribution in [0.15, 0.2) is 53.6 Å². The number of nitrogens with zero attached hydrogens (tertiary/aromatic N) is 2. The number of hydrogen-bond donors (Lipinski definition) is 2. The molecule has 118 valence electrons. The molecule has 0 bridgehead atoms. The molecule has 0 aliphatic rings. The van der Waals surface area contributed by atoms with Gasteiger partial charge in [0.2, 0.25) is 0 Å². The van der Waals surface area contributed by atoms with E-state index in [2.05, 4.69) is 5.10 Å². The van der Waals surface area contributed by atoms with E-state index in [-0.39, 0.29) is 5.91 Å². The van der Waals surface area contributed by atoms with E-state index < -0.39 is 5.91 Å². The van der Waals surface area contributed by atoms with Gasteiger partial charge in [0.15, 0.2) is 0 Å². The van der Waals surface area contributed by atoms with E-state index in [1.807, 2.05) is 0 Å². The van der Waals surface area contributed by atoms with Gasteiger partial charge in [-0.1, -0.05) is 35.9 Å². The zero-order chi connectivity index (χ0) is 16.8. The van der Waals surface area contributed by atoms with E-state index in [1.165, 1.54) is 30.4 Å². The lowest BCUT2D eigenvalue weighted by Gasteiger charge is -2.11. The Hall–Kier alpha value is -2.70. The van der Waals surface area contributed by atoms with E-state index in [1.54, 1.807) is 41.9 Å². The predicted octanol–water partition coefficient (Wildman–Crippen LogP) is 2.57. The van der Waals surface area contributed by atoms with Crippen LogP contribution in [0.25, 0.3) is 0 Å². The van der Waals surface area contributed by atoms with Gasteiger partial charge in [-0.2, -0.15) is 5.10 Å². The van der Waals surface area contributed by atoms with Gasteiger partial charge >= 0.3 is 0 Å². The summed E-state index contributed by atoms with van der Waals surface area (Å²) in [5.74, 6) is -0.928. The lowest BCUT2D eigenvalue weighted by Crippen LogP contribution is -2.21. The average molecular weight is 332 g/mol. The Morgan fingerprint density at radius 1 is 1.17 bits per heavy atom. The molecule has 2 aromatic carbocycles. The minimum absolute atomic E-state index is 0.310. The highest BCUT2D eigenvalue weighted by atomic mass is 35.5. The largest absolute Gasteiger partial charge is 0.288 e. The lowest BCUT2D eigenvalue weighted by molar-refractivity contribution is 0.0706. The minimum atomic E-state index is -0.598. The summed E-state index contributed by atoms with van der Waals surface area (Å²) >= 11 is 5.98. The summed E-state index contributed by atoms with van der Waals surface area (Å²) in [7, 11) is 1.52. The van der Waals surface area contributed by atoms with Crippen LogP contribution in [0.3, 0.4) is 0 Å². The normalized spacial score (nSPS) is 10.6. The number of carbonyl (C=O) groups excluding carboxylic acids is 2. The van der Waals surface area contributed by atoms with E-state index in [0.29, 0.717) is 21.7 Å². The van der Waals surface area contributed by atoms with Crippen molar-refractivity contribution < 1.29 is 14.8 Å². The molecule has 0 fully saturated rings. The standard InChI is InChI=1S/C16H14ClN3O3/c1-20(16(22)13-4-2-3-5-14(13)17)18-10-11-6-8-12(9-7-11)15(21)19-23/h2-10,23H,1H3,(H,19,21)/b18-10+. The monoisotopic (exact) mass is 331 g/mol. The first-order valence-electron chi connectivity index (χ1n) is 6.64. The zero-order valence-corrected chi connectivity index (χ0v) is 13.0. The fourth-order valence-corrected chi connectivity index (χ4v) is 2.02. The van der Waals surface area contributed by atoms with Crippen LogP contribution < -0.4 is 5.48 Å². The van der Waals surface area contributed by atoms with Crippen molar-refractivity contribution in [1.82, 2.24) is 10.5 Å². The van der Waals surface area contributed by atoms with Crippen LogP contribution >= 0.6 is 11.6 Å². The smallest absolute Gasteiger partial charge is 0.275 e. The molecule has 2 amide bonds. The Morgan fingerprint density at radius 3 is 2.43 bits per heavy atom. The minimum Gasteiger partial charge on any atom is -0.288 e. The molecule has 0 spiro atoms. The van der Waals surface area contributed by atoms with Crippen molar-refractivity contribution in [3.63, 3.8) is 0 Å². The molecular weight excluding hydrogens is 318 g/mol. The maximum Gasteiger partial charge on any atom is 0.275 e. The Balaban J connectivity index is 2.09. The average Bonchev–Trinajstić information content (AvgIpc) is 2.59.